The van der Waals surface area contributed by atoms with Crippen LogP contribution in [0.2, 0.25) is 0 Å². The molecule has 3 aromatic carbocycles. The first-order valence-corrected chi connectivity index (χ1v) is 11.0. The van der Waals surface area contributed by atoms with Gasteiger partial charge in [-0.2, -0.15) is 0 Å². The van der Waals surface area contributed by atoms with E-state index in [1.54, 1.807) is 42.3 Å². The van der Waals surface area contributed by atoms with Crippen LogP contribution in [0.1, 0.15) is 22.8 Å². The zero-order valence-electron chi connectivity index (χ0n) is 18.1. The Morgan fingerprint density at radius 2 is 1.88 bits per heavy atom. The summed E-state index contributed by atoms with van der Waals surface area (Å²) in [5.74, 6) is 0.914. The largest absolute Gasteiger partial charge is 0.497 e. The molecule has 0 N–H and O–H groups in total. The Hall–Kier alpha value is -3.98. The Morgan fingerprint density at radius 1 is 1.12 bits per heavy atom. The van der Waals surface area contributed by atoms with Crippen LogP contribution < -0.4 is 14.4 Å². The molecule has 0 bridgehead atoms. The molecule has 33 heavy (non-hydrogen) atoms. The number of ether oxygens (including phenoxy) is 2. The Bertz CT molecular complexity index is 1300. The van der Waals surface area contributed by atoms with Gasteiger partial charge in [0.05, 0.1) is 41.0 Å². The molecule has 0 spiro atoms. The summed E-state index contributed by atoms with van der Waals surface area (Å²) in [6.07, 6.45) is 0. The number of carbonyl (C=O) groups excluding carboxylic acids is 1. The number of benzene rings is 3. The average molecular weight is 464 g/mol. The van der Waals surface area contributed by atoms with Crippen molar-refractivity contribution in [2.24, 2.45) is 0 Å². The first kappa shape index (κ1) is 22.2. The van der Waals surface area contributed by atoms with Gasteiger partial charge in [-0.1, -0.05) is 35.6 Å². The lowest BCUT2D eigenvalue weighted by Gasteiger charge is -2.21. The second kappa shape index (κ2) is 9.66. The van der Waals surface area contributed by atoms with Gasteiger partial charge in [0.25, 0.3) is 11.6 Å². The third-order valence-electron chi connectivity index (χ3n) is 4.97. The van der Waals surface area contributed by atoms with Crippen LogP contribution in [-0.4, -0.2) is 29.5 Å². The smallest absolute Gasteiger partial charge is 0.269 e. The maximum atomic E-state index is 13.7. The van der Waals surface area contributed by atoms with E-state index in [-0.39, 0.29) is 18.1 Å². The highest BCUT2D eigenvalue weighted by Gasteiger charge is 2.24. The van der Waals surface area contributed by atoms with E-state index in [9.17, 15) is 14.9 Å². The van der Waals surface area contributed by atoms with Crippen molar-refractivity contribution >= 4 is 38.3 Å². The number of carbonyl (C=O) groups is 1. The summed E-state index contributed by atoms with van der Waals surface area (Å²) in [5, 5.41) is 11.5. The number of nitrogens with zero attached hydrogens (tertiary/aromatic N) is 3. The number of methoxy groups -OCH3 is 1. The molecule has 4 aromatic rings. The summed E-state index contributed by atoms with van der Waals surface area (Å²) in [6.45, 7) is 2.47. The Balaban J connectivity index is 1.76. The van der Waals surface area contributed by atoms with Crippen molar-refractivity contribution in [2.45, 2.75) is 13.5 Å². The second-order valence-corrected chi connectivity index (χ2v) is 8.08. The van der Waals surface area contributed by atoms with Crippen LogP contribution in [0.5, 0.6) is 11.5 Å². The van der Waals surface area contributed by atoms with E-state index in [2.05, 4.69) is 4.98 Å². The lowest BCUT2D eigenvalue weighted by Crippen LogP contribution is -2.30. The van der Waals surface area contributed by atoms with E-state index < -0.39 is 4.92 Å². The normalized spacial score (nSPS) is 10.7. The summed E-state index contributed by atoms with van der Waals surface area (Å²) < 4.78 is 11.9. The molecule has 0 radical (unpaired) electrons. The van der Waals surface area contributed by atoms with Gasteiger partial charge >= 0.3 is 0 Å². The van der Waals surface area contributed by atoms with Gasteiger partial charge in [-0.25, -0.2) is 4.98 Å². The first-order valence-electron chi connectivity index (χ1n) is 10.2. The lowest BCUT2D eigenvalue weighted by atomic mass is 10.1. The monoisotopic (exact) mass is 463 g/mol. The zero-order chi connectivity index (χ0) is 23.4. The Kier molecular flexibility index (Phi) is 6.50. The minimum absolute atomic E-state index is 0.00889. The molecule has 1 amide bonds. The number of para-hydroxylation sites is 1. The summed E-state index contributed by atoms with van der Waals surface area (Å²) in [4.78, 5) is 30.5. The number of nitro benzene ring substituents is 1. The molecule has 1 aromatic heterocycles. The fraction of sp³-hybridized carbons (Fsp3) is 0.167. The molecule has 168 valence electrons. The van der Waals surface area contributed by atoms with E-state index in [1.165, 1.54) is 23.5 Å². The van der Waals surface area contributed by atoms with E-state index >= 15 is 0 Å². The molecular formula is C24H21N3O5S. The van der Waals surface area contributed by atoms with Gasteiger partial charge in [0.1, 0.15) is 11.5 Å². The summed E-state index contributed by atoms with van der Waals surface area (Å²) >= 11 is 1.37. The van der Waals surface area contributed by atoms with Crippen molar-refractivity contribution in [2.75, 3.05) is 18.6 Å². The molecule has 0 aliphatic rings. The van der Waals surface area contributed by atoms with Crippen LogP contribution in [0.25, 0.3) is 10.2 Å². The summed E-state index contributed by atoms with van der Waals surface area (Å²) in [7, 11) is 1.60. The number of hydrogen-bond acceptors (Lipinski definition) is 7. The second-order valence-electron chi connectivity index (χ2n) is 7.07. The number of amides is 1. The molecule has 0 fully saturated rings. The number of nitro groups is 1. The predicted octanol–water partition coefficient (Wildman–Crippen LogP) is 5.46. The highest BCUT2D eigenvalue weighted by Crippen LogP contribution is 2.34. The maximum Gasteiger partial charge on any atom is 0.269 e. The van der Waals surface area contributed by atoms with E-state index in [0.717, 1.165) is 15.8 Å². The minimum Gasteiger partial charge on any atom is -0.497 e. The number of fused-ring (bicyclic) bond motifs is 1. The van der Waals surface area contributed by atoms with Crippen LogP contribution in [0.3, 0.4) is 0 Å². The van der Waals surface area contributed by atoms with Crippen molar-refractivity contribution in [1.82, 2.24) is 4.98 Å². The van der Waals surface area contributed by atoms with Gasteiger partial charge < -0.3 is 9.47 Å². The number of hydrogen-bond donors (Lipinski definition) is 0. The third-order valence-corrected chi connectivity index (χ3v) is 6.01. The number of thiazole rings is 1. The summed E-state index contributed by atoms with van der Waals surface area (Å²) in [6, 6.07) is 18.7. The van der Waals surface area contributed by atoms with E-state index in [1.807, 2.05) is 31.2 Å². The quantitative estimate of drug-likeness (QED) is 0.254. The minimum atomic E-state index is -0.452. The van der Waals surface area contributed by atoms with Gasteiger partial charge in [-0.15, -0.1) is 0 Å². The standard InChI is InChI=1S/C24H21N3O5S/c1-3-32-21-7-5-4-6-19(21)23(28)26(15-16-8-10-17(11-9-16)27(29)30)24-25-20-13-12-18(31-2)14-22(20)33-24/h4-14H,3,15H2,1-2H3. The number of rotatable bonds is 8. The van der Waals surface area contributed by atoms with Gasteiger partial charge in [0, 0.05) is 12.1 Å². The third kappa shape index (κ3) is 4.78. The number of anilines is 1. The molecule has 4 rings (SSSR count). The highest BCUT2D eigenvalue weighted by molar-refractivity contribution is 7.22. The number of non-ortho nitro benzene ring substituents is 1. The van der Waals surface area contributed by atoms with Crippen LogP contribution in [0.15, 0.2) is 66.7 Å². The highest BCUT2D eigenvalue weighted by atomic mass is 32.1. The van der Waals surface area contributed by atoms with Crippen molar-refractivity contribution in [3.8, 4) is 11.5 Å². The van der Waals surface area contributed by atoms with Gasteiger partial charge in [0.2, 0.25) is 0 Å². The van der Waals surface area contributed by atoms with Crippen LogP contribution in [0, 0.1) is 10.1 Å². The van der Waals surface area contributed by atoms with Gasteiger partial charge in [-0.3, -0.25) is 19.8 Å². The molecule has 0 atom stereocenters. The molecule has 8 nitrogen and oxygen atoms in total. The Labute approximate surface area is 194 Å². The molecule has 9 heteroatoms. The molecule has 0 saturated carbocycles. The van der Waals surface area contributed by atoms with Crippen molar-refractivity contribution < 1.29 is 19.2 Å². The van der Waals surface area contributed by atoms with Crippen molar-refractivity contribution in [3.05, 3.63) is 88.0 Å². The molecular weight excluding hydrogens is 442 g/mol. The molecule has 0 saturated heterocycles. The van der Waals surface area contributed by atoms with Crippen LogP contribution in [-0.2, 0) is 6.54 Å². The van der Waals surface area contributed by atoms with E-state index in [4.69, 9.17) is 9.47 Å². The lowest BCUT2D eigenvalue weighted by molar-refractivity contribution is -0.384. The van der Waals surface area contributed by atoms with Crippen molar-refractivity contribution in [3.63, 3.8) is 0 Å². The van der Waals surface area contributed by atoms with Gasteiger partial charge in [0.15, 0.2) is 5.13 Å². The van der Waals surface area contributed by atoms with Gasteiger partial charge in [-0.05, 0) is 42.8 Å². The average Bonchev–Trinajstić information content (AvgIpc) is 3.26. The first-order chi connectivity index (χ1) is 16.0. The van der Waals surface area contributed by atoms with Crippen LogP contribution >= 0.6 is 11.3 Å². The molecule has 0 unspecified atom stereocenters. The topological polar surface area (TPSA) is 94.8 Å². The Morgan fingerprint density at radius 3 is 2.58 bits per heavy atom. The molecule has 0 aliphatic heterocycles. The number of aromatic nitrogens is 1. The SMILES string of the molecule is CCOc1ccccc1C(=O)N(Cc1ccc([N+](=O)[O-])cc1)c1nc2ccc(OC)cc2s1. The predicted molar refractivity (Wildman–Crippen MR) is 127 cm³/mol. The molecule has 1 heterocycles. The fourth-order valence-electron chi connectivity index (χ4n) is 3.34. The summed E-state index contributed by atoms with van der Waals surface area (Å²) in [5.41, 5.74) is 1.89. The van der Waals surface area contributed by atoms with E-state index in [0.29, 0.717) is 28.8 Å². The van der Waals surface area contributed by atoms with Crippen LogP contribution in [0.4, 0.5) is 10.8 Å². The fourth-order valence-corrected chi connectivity index (χ4v) is 4.33. The van der Waals surface area contributed by atoms with Crippen molar-refractivity contribution in [1.29, 1.82) is 0 Å². The molecule has 0 aliphatic carbocycles. The maximum absolute atomic E-state index is 13.7. The zero-order valence-corrected chi connectivity index (χ0v) is 18.9.